The Morgan fingerprint density at radius 2 is 2.14 bits per heavy atom. The van der Waals surface area contributed by atoms with Crippen molar-refractivity contribution in [1.82, 2.24) is 14.8 Å². The van der Waals surface area contributed by atoms with Gasteiger partial charge in [-0.2, -0.15) is 5.10 Å². The molecule has 3 aromatic heterocycles. The number of amides is 1. The molecule has 0 aliphatic heterocycles. The van der Waals surface area contributed by atoms with Crippen LogP contribution in [0.5, 0.6) is 0 Å². The van der Waals surface area contributed by atoms with Gasteiger partial charge in [-0.15, -0.1) is 11.3 Å². The quantitative estimate of drug-likeness (QED) is 0.808. The first-order valence-corrected chi connectivity index (χ1v) is 7.27. The standard InChI is InChI=1S/C15H14N4OS/c1-10-12(9-17-19(10)2)18-15(20)14-6-5-13(21-14)11-4-3-7-16-8-11/h3-9H,1-2H3,(H,18,20). The Hall–Kier alpha value is -2.47. The summed E-state index contributed by atoms with van der Waals surface area (Å²) in [5.41, 5.74) is 2.67. The Balaban J connectivity index is 1.80. The van der Waals surface area contributed by atoms with Crippen molar-refractivity contribution in [3.63, 3.8) is 0 Å². The molecule has 0 radical (unpaired) electrons. The van der Waals surface area contributed by atoms with Crippen LogP contribution in [0.1, 0.15) is 15.4 Å². The minimum Gasteiger partial charge on any atom is -0.318 e. The monoisotopic (exact) mass is 298 g/mol. The van der Waals surface area contributed by atoms with E-state index in [2.05, 4.69) is 15.4 Å². The molecular weight excluding hydrogens is 284 g/mol. The molecule has 0 atom stereocenters. The van der Waals surface area contributed by atoms with Gasteiger partial charge < -0.3 is 5.32 Å². The number of carbonyl (C=O) groups excluding carboxylic acids is 1. The molecule has 0 saturated heterocycles. The topological polar surface area (TPSA) is 59.8 Å². The number of pyridine rings is 1. The summed E-state index contributed by atoms with van der Waals surface area (Å²) in [6, 6.07) is 7.63. The Morgan fingerprint density at radius 3 is 2.81 bits per heavy atom. The molecule has 0 saturated carbocycles. The van der Waals surface area contributed by atoms with Crippen LogP contribution >= 0.6 is 11.3 Å². The van der Waals surface area contributed by atoms with Crippen LogP contribution in [0.4, 0.5) is 5.69 Å². The second kappa shape index (κ2) is 5.49. The van der Waals surface area contributed by atoms with Gasteiger partial charge in [-0.1, -0.05) is 6.07 Å². The van der Waals surface area contributed by atoms with E-state index in [0.717, 1.165) is 21.8 Å². The van der Waals surface area contributed by atoms with Gasteiger partial charge in [-0.3, -0.25) is 14.5 Å². The van der Waals surface area contributed by atoms with E-state index in [1.807, 2.05) is 38.2 Å². The van der Waals surface area contributed by atoms with Crippen LogP contribution in [0, 0.1) is 6.92 Å². The number of aromatic nitrogens is 3. The highest BCUT2D eigenvalue weighted by molar-refractivity contribution is 7.17. The molecule has 3 heterocycles. The fourth-order valence-corrected chi connectivity index (χ4v) is 2.82. The SMILES string of the molecule is Cc1c(NC(=O)c2ccc(-c3cccnc3)s2)cnn1C. The number of hydrogen-bond donors (Lipinski definition) is 1. The lowest BCUT2D eigenvalue weighted by Crippen LogP contribution is -2.10. The number of hydrogen-bond acceptors (Lipinski definition) is 4. The smallest absolute Gasteiger partial charge is 0.265 e. The van der Waals surface area contributed by atoms with Gasteiger partial charge in [0.15, 0.2) is 0 Å². The van der Waals surface area contributed by atoms with Crippen LogP contribution in [-0.4, -0.2) is 20.7 Å². The van der Waals surface area contributed by atoms with Crippen LogP contribution in [-0.2, 0) is 7.05 Å². The van der Waals surface area contributed by atoms with Crippen molar-refractivity contribution in [3.8, 4) is 10.4 Å². The number of thiophene rings is 1. The van der Waals surface area contributed by atoms with Crippen LogP contribution in [0.25, 0.3) is 10.4 Å². The number of nitrogens with zero attached hydrogens (tertiary/aromatic N) is 3. The van der Waals surface area contributed by atoms with Crippen LogP contribution in [0.2, 0.25) is 0 Å². The lowest BCUT2D eigenvalue weighted by molar-refractivity contribution is 0.103. The zero-order valence-electron chi connectivity index (χ0n) is 11.7. The van der Waals surface area contributed by atoms with E-state index in [1.165, 1.54) is 11.3 Å². The maximum Gasteiger partial charge on any atom is 0.265 e. The molecule has 3 aromatic rings. The van der Waals surface area contributed by atoms with Crippen molar-refractivity contribution in [2.75, 3.05) is 5.32 Å². The second-order valence-electron chi connectivity index (χ2n) is 4.63. The molecule has 0 aromatic carbocycles. The number of anilines is 1. The summed E-state index contributed by atoms with van der Waals surface area (Å²) in [6.07, 6.45) is 5.18. The van der Waals surface area contributed by atoms with E-state index in [0.29, 0.717) is 4.88 Å². The molecule has 6 heteroatoms. The number of nitrogens with one attached hydrogen (secondary N) is 1. The van der Waals surface area contributed by atoms with Crippen LogP contribution in [0.3, 0.4) is 0 Å². The van der Waals surface area contributed by atoms with E-state index in [-0.39, 0.29) is 5.91 Å². The van der Waals surface area contributed by atoms with E-state index in [4.69, 9.17) is 0 Å². The highest BCUT2D eigenvalue weighted by atomic mass is 32.1. The molecular formula is C15H14N4OS. The number of aryl methyl sites for hydroxylation is 1. The molecule has 21 heavy (non-hydrogen) atoms. The van der Waals surface area contributed by atoms with Gasteiger partial charge in [0.2, 0.25) is 0 Å². The van der Waals surface area contributed by atoms with Crippen LogP contribution in [0.15, 0.2) is 42.9 Å². The lowest BCUT2D eigenvalue weighted by atomic mass is 10.2. The van der Waals surface area contributed by atoms with Gasteiger partial charge in [0.25, 0.3) is 5.91 Å². The molecule has 5 nitrogen and oxygen atoms in total. The maximum absolute atomic E-state index is 12.3. The molecule has 0 unspecified atom stereocenters. The maximum atomic E-state index is 12.3. The Kier molecular flexibility index (Phi) is 3.53. The van der Waals surface area contributed by atoms with E-state index >= 15 is 0 Å². The zero-order valence-corrected chi connectivity index (χ0v) is 12.5. The summed E-state index contributed by atoms with van der Waals surface area (Å²) in [5.74, 6) is -0.119. The van der Waals surface area contributed by atoms with Crippen LogP contribution < -0.4 is 5.32 Å². The average molecular weight is 298 g/mol. The fourth-order valence-electron chi connectivity index (χ4n) is 1.93. The van der Waals surface area contributed by atoms with Gasteiger partial charge in [0, 0.05) is 29.9 Å². The van der Waals surface area contributed by atoms with Crippen molar-refractivity contribution in [3.05, 3.63) is 53.4 Å². The minimum atomic E-state index is -0.119. The highest BCUT2D eigenvalue weighted by Gasteiger charge is 2.13. The third kappa shape index (κ3) is 2.71. The first kappa shape index (κ1) is 13.5. The molecule has 0 bridgehead atoms. The third-order valence-electron chi connectivity index (χ3n) is 3.26. The fraction of sp³-hybridized carbons (Fsp3) is 0.133. The predicted molar refractivity (Wildman–Crippen MR) is 83.4 cm³/mol. The average Bonchev–Trinajstić information content (AvgIpc) is 3.11. The first-order chi connectivity index (χ1) is 10.1. The molecule has 0 spiro atoms. The van der Waals surface area contributed by atoms with E-state index < -0.39 is 0 Å². The zero-order chi connectivity index (χ0) is 14.8. The van der Waals surface area contributed by atoms with Crippen molar-refractivity contribution in [1.29, 1.82) is 0 Å². The van der Waals surface area contributed by atoms with Gasteiger partial charge in [-0.05, 0) is 25.1 Å². The lowest BCUT2D eigenvalue weighted by Gasteiger charge is -2.02. The summed E-state index contributed by atoms with van der Waals surface area (Å²) < 4.78 is 1.73. The van der Waals surface area contributed by atoms with Crippen molar-refractivity contribution in [2.24, 2.45) is 7.05 Å². The van der Waals surface area contributed by atoms with E-state index in [1.54, 1.807) is 23.3 Å². The van der Waals surface area contributed by atoms with Crippen molar-refractivity contribution >= 4 is 22.9 Å². The van der Waals surface area contributed by atoms with Crippen molar-refractivity contribution in [2.45, 2.75) is 6.92 Å². The largest absolute Gasteiger partial charge is 0.318 e. The normalized spacial score (nSPS) is 10.6. The summed E-state index contributed by atoms with van der Waals surface area (Å²) in [6.45, 7) is 1.91. The molecule has 1 N–H and O–H groups in total. The molecule has 0 aliphatic carbocycles. The van der Waals surface area contributed by atoms with Crippen molar-refractivity contribution < 1.29 is 4.79 Å². The minimum absolute atomic E-state index is 0.119. The summed E-state index contributed by atoms with van der Waals surface area (Å²) in [7, 11) is 1.84. The Labute approximate surface area is 126 Å². The van der Waals surface area contributed by atoms with Gasteiger partial charge in [-0.25, -0.2) is 0 Å². The summed E-state index contributed by atoms with van der Waals surface area (Å²) >= 11 is 1.45. The molecule has 106 valence electrons. The third-order valence-corrected chi connectivity index (χ3v) is 4.39. The van der Waals surface area contributed by atoms with E-state index in [9.17, 15) is 4.79 Å². The molecule has 0 fully saturated rings. The highest BCUT2D eigenvalue weighted by Crippen LogP contribution is 2.28. The summed E-state index contributed by atoms with van der Waals surface area (Å²) in [5, 5.41) is 7.00. The molecule has 3 rings (SSSR count). The first-order valence-electron chi connectivity index (χ1n) is 6.45. The Morgan fingerprint density at radius 1 is 1.29 bits per heavy atom. The van der Waals surface area contributed by atoms with Gasteiger partial charge in [0.05, 0.1) is 22.5 Å². The van der Waals surface area contributed by atoms with Gasteiger partial charge >= 0.3 is 0 Å². The molecule has 1 amide bonds. The number of rotatable bonds is 3. The van der Waals surface area contributed by atoms with Gasteiger partial charge in [0.1, 0.15) is 0 Å². The second-order valence-corrected chi connectivity index (χ2v) is 5.71. The summed E-state index contributed by atoms with van der Waals surface area (Å²) in [4.78, 5) is 18.0. The predicted octanol–water partition coefficient (Wildman–Crippen LogP) is 3.10. The molecule has 0 aliphatic rings. The number of carbonyl (C=O) groups is 1. The Bertz CT molecular complexity index is 776.